The molecule has 2 rings (SSSR count). The molecule has 26 heavy (non-hydrogen) atoms. The topological polar surface area (TPSA) is 75.7 Å². The Morgan fingerprint density at radius 1 is 1.27 bits per heavy atom. The van der Waals surface area contributed by atoms with E-state index < -0.39 is 10.0 Å². The number of amides is 1. The number of nitrogens with one attached hydrogen (secondary N) is 1. The zero-order valence-corrected chi connectivity index (χ0v) is 17.5. The quantitative estimate of drug-likeness (QED) is 0.591. The minimum absolute atomic E-state index is 0.00539. The summed E-state index contributed by atoms with van der Waals surface area (Å²) in [6, 6.07) is 7.30. The molecular formula is C18H27BrN2O4S. The van der Waals surface area contributed by atoms with E-state index in [1.165, 1.54) is 4.31 Å². The average Bonchev–Trinajstić information content (AvgIpc) is 2.63. The maximum atomic E-state index is 12.6. The molecule has 1 N–H and O–H groups in total. The summed E-state index contributed by atoms with van der Waals surface area (Å²) >= 11 is 3.35. The average molecular weight is 447 g/mol. The third-order valence-electron chi connectivity index (χ3n) is 4.45. The summed E-state index contributed by atoms with van der Waals surface area (Å²) in [5.41, 5.74) is 0.766. The Bertz CT molecular complexity index is 671. The molecule has 0 atom stereocenters. The monoisotopic (exact) mass is 446 g/mol. The number of rotatable bonds is 9. The van der Waals surface area contributed by atoms with E-state index in [9.17, 15) is 13.2 Å². The normalized spacial score (nSPS) is 16.5. The van der Waals surface area contributed by atoms with Crippen molar-refractivity contribution in [3.05, 3.63) is 34.3 Å². The molecule has 0 unspecified atom stereocenters. The van der Waals surface area contributed by atoms with Crippen molar-refractivity contribution in [1.29, 1.82) is 0 Å². The van der Waals surface area contributed by atoms with Gasteiger partial charge in [0.2, 0.25) is 15.9 Å². The van der Waals surface area contributed by atoms with E-state index in [0.29, 0.717) is 45.7 Å². The lowest BCUT2D eigenvalue weighted by Gasteiger charge is -2.30. The van der Waals surface area contributed by atoms with Crippen LogP contribution in [0.2, 0.25) is 0 Å². The molecule has 1 aromatic rings. The molecule has 1 aliphatic rings. The largest absolute Gasteiger partial charge is 0.382 e. The summed E-state index contributed by atoms with van der Waals surface area (Å²) < 4.78 is 32.8. The summed E-state index contributed by atoms with van der Waals surface area (Å²) in [6.07, 6.45) is 1.92. The zero-order valence-electron chi connectivity index (χ0n) is 15.1. The van der Waals surface area contributed by atoms with Gasteiger partial charge in [-0.1, -0.05) is 28.1 Å². The fourth-order valence-corrected chi connectivity index (χ4v) is 4.78. The first-order chi connectivity index (χ1) is 12.4. The molecule has 0 aliphatic carbocycles. The maximum Gasteiger partial charge on any atom is 0.223 e. The van der Waals surface area contributed by atoms with Crippen LogP contribution in [0.5, 0.6) is 0 Å². The Labute approximate surface area is 164 Å². The van der Waals surface area contributed by atoms with Crippen LogP contribution in [0, 0.1) is 5.92 Å². The second-order valence-corrected chi connectivity index (χ2v) is 9.28. The Morgan fingerprint density at radius 3 is 2.54 bits per heavy atom. The van der Waals surface area contributed by atoms with E-state index in [2.05, 4.69) is 21.2 Å². The highest BCUT2D eigenvalue weighted by molar-refractivity contribution is 9.10. The first-order valence-corrected chi connectivity index (χ1v) is 11.4. The predicted molar refractivity (Wildman–Crippen MR) is 105 cm³/mol. The van der Waals surface area contributed by atoms with Gasteiger partial charge in [-0.25, -0.2) is 12.7 Å². The molecule has 1 saturated heterocycles. The van der Waals surface area contributed by atoms with Gasteiger partial charge in [-0.15, -0.1) is 0 Å². The van der Waals surface area contributed by atoms with Crippen LogP contribution >= 0.6 is 15.9 Å². The number of halogens is 1. The molecule has 0 bridgehead atoms. The van der Waals surface area contributed by atoms with Crippen LogP contribution in [0.15, 0.2) is 28.7 Å². The van der Waals surface area contributed by atoms with Gasteiger partial charge in [-0.2, -0.15) is 0 Å². The Morgan fingerprint density at radius 2 is 1.92 bits per heavy atom. The predicted octanol–water partition coefficient (Wildman–Crippen LogP) is 2.53. The Balaban J connectivity index is 1.77. The molecule has 1 amide bonds. The fourth-order valence-electron chi connectivity index (χ4n) is 2.95. The number of nitrogens with zero attached hydrogens (tertiary/aromatic N) is 1. The van der Waals surface area contributed by atoms with Crippen molar-refractivity contribution in [3.8, 4) is 0 Å². The highest BCUT2D eigenvalue weighted by Gasteiger charge is 2.30. The van der Waals surface area contributed by atoms with Gasteiger partial charge in [-0.3, -0.25) is 4.79 Å². The molecule has 146 valence electrons. The van der Waals surface area contributed by atoms with Gasteiger partial charge in [-0.05, 0) is 43.9 Å². The van der Waals surface area contributed by atoms with Gasteiger partial charge in [0.1, 0.15) is 0 Å². The molecule has 1 fully saturated rings. The summed E-state index contributed by atoms with van der Waals surface area (Å²) in [6.45, 7) is 4.66. The van der Waals surface area contributed by atoms with Crippen LogP contribution in [-0.2, 0) is 25.3 Å². The van der Waals surface area contributed by atoms with Crippen molar-refractivity contribution >= 4 is 31.9 Å². The molecule has 0 aromatic heterocycles. The van der Waals surface area contributed by atoms with Gasteiger partial charge in [0.15, 0.2) is 0 Å². The molecular weight excluding hydrogens is 420 g/mol. The SMILES string of the molecule is CCOCCCNC(=O)C1CCN(S(=O)(=O)Cc2ccc(Br)cc2)CC1. The van der Waals surface area contributed by atoms with Gasteiger partial charge in [0, 0.05) is 43.2 Å². The van der Waals surface area contributed by atoms with Crippen molar-refractivity contribution in [2.45, 2.75) is 31.9 Å². The van der Waals surface area contributed by atoms with Crippen molar-refractivity contribution in [3.63, 3.8) is 0 Å². The molecule has 0 saturated carbocycles. The lowest BCUT2D eigenvalue weighted by atomic mass is 9.97. The number of sulfonamides is 1. The number of carbonyl (C=O) groups is 1. The van der Waals surface area contributed by atoms with Gasteiger partial charge in [0.05, 0.1) is 5.75 Å². The van der Waals surface area contributed by atoms with E-state index >= 15 is 0 Å². The smallest absolute Gasteiger partial charge is 0.223 e. The zero-order chi connectivity index (χ0) is 19.0. The number of hydrogen-bond acceptors (Lipinski definition) is 4. The van der Waals surface area contributed by atoms with Gasteiger partial charge in [0.25, 0.3) is 0 Å². The maximum absolute atomic E-state index is 12.6. The van der Waals surface area contributed by atoms with Crippen molar-refractivity contribution in [2.75, 3.05) is 32.8 Å². The van der Waals surface area contributed by atoms with Crippen LogP contribution in [0.3, 0.4) is 0 Å². The lowest BCUT2D eigenvalue weighted by Crippen LogP contribution is -2.43. The second kappa shape index (κ2) is 10.4. The van der Waals surface area contributed by atoms with E-state index in [1.54, 1.807) is 0 Å². The highest BCUT2D eigenvalue weighted by Crippen LogP contribution is 2.22. The van der Waals surface area contributed by atoms with Crippen LogP contribution in [0.1, 0.15) is 31.7 Å². The minimum Gasteiger partial charge on any atom is -0.382 e. The van der Waals surface area contributed by atoms with E-state index in [4.69, 9.17) is 4.74 Å². The van der Waals surface area contributed by atoms with Crippen LogP contribution in [0.4, 0.5) is 0 Å². The fraction of sp³-hybridized carbons (Fsp3) is 0.611. The Kier molecular flexibility index (Phi) is 8.53. The highest BCUT2D eigenvalue weighted by atomic mass is 79.9. The second-order valence-electron chi connectivity index (χ2n) is 6.40. The van der Waals surface area contributed by atoms with Crippen LogP contribution in [-0.4, -0.2) is 51.5 Å². The van der Waals surface area contributed by atoms with E-state index in [0.717, 1.165) is 16.5 Å². The van der Waals surface area contributed by atoms with E-state index in [1.807, 2.05) is 31.2 Å². The summed E-state index contributed by atoms with van der Waals surface area (Å²) in [7, 11) is -3.36. The van der Waals surface area contributed by atoms with Crippen molar-refractivity contribution in [2.24, 2.45) is 5.92 Å². The molecule has 6 nitrogen and oxygen atoms in total. The molecule has 0 radical (unpaired) electrons. The molecule has 1 heterocycles. The Hall–Kier alpha value is -0.960. The number of ether oxygens (including phenoxy) is 1. The summed E-state index contributed by atoms with van der Waals surface area (Å²) in [5.74, 6) is -0.0955. The molecule has 0 spiro atoms. The van der Waals surface area contributed by atoms with Gasteiger partial charge < -0.3 is 10.1 Å². The third kappa shape index (κ3) is 6.64. The molecule has 1 aliphatic heterocycles. The minimum atomic E-state index is -3.36. The first-order valence-electron chi connectivity index (χ1n) is 9.00. The third-order valence-corrected chi connectivity index (χ3v) is 6.83. The van der Waals surface area contributed by atoms with Crippen LogP contribution < -0.4 is 5.32 Å². The van der Waals surface area contributed by atoms with Crippen LogP contribution in [0.25, 0.3) is 0 Å². The number of hydrogen-bond donors (Lipinski definition) is 1. The number of piperidine rings is 1. The van der Waals surface area contributed by atoms with E-state index in [-0.39, 0.29) is 17.6 Å². The summed E-state index contributed by atoms with van der Waals surface area (Å²) in [5, 5.41) is 2.92. The van der Waals surface area contributed by atoms with Crippen molar-refractivity contribution in [1.82, 2.24) is 9.62 Å². The first kappa shape index (κ1) is 21.3. The lowest BCUT2D eigenvalue weighted by molar-refractivity contribution is -0.126. The summed E-state index contributed by atoms with van der Waals surface area (Å²) in [4.78, 5) is 12.2. The van der Waals surface area contributed by atoms with Crippen molar-refractivity contribution < 1.29 is 17.9 Å². The standard InChI is InChI=1S/C18H27BrN2O4S/c1-2-25-13-3-10-20-18(22)16-8-11-21(12-9-16)26(23,24)14-15-4-6-17(19)7-5-15/h4-7,16H,2-3,8-14H2,1H3,(H,20,22). The van der Waals surface area contributed by atoms with Gasteiger partial charge >= 0.3 is 0 Å². The molecule has 8 heteroatoms. The number of carbonyl (C=O) groups excluding carboxylic acids is 1. The number of benzene rings is 1. The molecule has 1 aromatic carbocycles.